The van der Waals surface area contributed by atoms with Crippen molar-refractivity contribution in [3.05, 3.63) is 29.8 Å². The maximum atomic E-state index is 10.2. The predicted octanol–water partition coefficient (Wildman–Crippen LogP) is 2.46. The molecule has 1 aliphatic heterocycles. The highest BCUT2D eigenvalue weighted by atomic mass is 16.5. The summed E-state index contributed by atoms with van der Waals surface area (Å²) >= 11 is 0. The van der Waals surface area contributed by atoms with Crippen LogP contribution < -0.4 is 10.6 Å². The Morgan fingerprint density at radius 3 is 3.05 bits per heavy atom. The number of para-hydroxylation sites is 1. The molecule has 4 nitrogen and oxygen atoms in total. The van der Waals surface area contributed by atoms with Gasteiger partial charge in [0.2, 0.25) is 0 Å². The summed E-state index contributed by atoms with van der Waals surface area (Å²) in [5.41, 5.74) is 8.59. The van der Waals surface area contributed by atoms with Gasteiger partial charge in [-0.2, -0.15) is 0 Å². The molecule has 0 spiro atoms. The van der Waals surface area contributed by atoms with Gasteiger partial charge in [0.1, 0.15) is 0 Å². The average molecular weight is 292 g/mol. The lowest BCUT2D eigenvalue weighted by Gasteiger charge is -2.27. The maximum absolute atomic E-state index is 10.2. The summed E-state index contributed by atoms with van der Waals surface area (Å²) < 4.78 is 5.52. The number of aliphatic hydroxyl groups excluding tert-OH is 1. The van der Waals surface area contributed by atoms with E-state index in [1.165, 1.54) is 5.56 Å². The Hall–Kier alpha value is -1.10. The number of ether oxygens (including phenoxy) is 1. The molecule has 118 valence electrons. The highest BCUT2D eigenvalue weighted by molar-refractivity contribution is 5.55. The SMILES string of the molecule is CCCCOCC(O)CN1CCCC(N)c2ccccc21. The molecule has 3 N–H and O–H groups in total. The molecule has 0 amide bonds. The fourth-order valence-electron chi connectivity index (χ4n) is 2.83. The molecule has 0 radical (unpaired) electrons. The molecule has 21 heavy (non-hydrogen) atoms. The fourth-order valence-corrected chi connectivity index (χ4v) is 2.83. The van der Waals surface area contributed by atoms with Crippen LogP contribution in [-0.2, 0) is 4.74 Å². The van der Waals surface area contributed by atoms with Crippen LogP contribution in [0.1, 0.15) is 44.2 Å². The second kappa shape index (κ2) is 8.37. The summed E-state index contributed by atoms with van der Waals surface area (Å²) in [6, 6.07) is 8.37. The minimum atomic E-state index is -0.454. The first-order chi connectivity index (χ1) is 10.2. The smallest absolute Gasteiger partial charge is 0.0947 e. The Kier molecular flexibility index (Phi) is 6.49. The van der Waals surface area contributed by atoms with E-state index in [-0.39, 0.29) is 6.04 Å². The summed E-state index contributed by atoms with van der Waals surface area (Å²) in [5, 5.41) is 10.2. The van der Waals surface area contributed by atoms with Crippen LogP contribution in [0, 0.1) is 0 Å². The third kappa shape index (κ3) is 4.70. The number of nitrogens with two attached hydrogens (primary N) is 1. The van der Waals surface area contributed by atoms with Crippen molar-refractivity contribution in [2.24, 2.45) is 5.73 Å². The van der Waals surface area contributed by atoms with Crippen molar-refractivity contribution in [1.82, 2.24) is 0 Å². The number of aliphatic hydroxyl groups is 1. The van der Waals surface area contributed by atoms with Crippen molar-refractivity contribution < 1.29 is 9.84 Å². The van der Waals surface area contributed by atoms with Gasteiger partial charge in [0.25, 0.3) is 0 Å². The lowest BCUT2D eigenvalue weighted by molar-refractivity contribution is 0.0392. The molecule has 0 saturated heterocycles. The summed E-state index contributed by atoms with van der Waals surface area (Å²) in [7, 11) is 0. The van der Waals surface area contributed by atoms with E-state index in [9.17, 15) is 5.11 Å². The van der Waals surface area contributed by atoms with Gasteiger partial charge in [0, 0.05) is 31.4 Å². The van der Waals surface area contributed by atoms with Gasteiger partial charge < -0.3 is 20.5 Å². The van der Waals surface area contributed by atoms with E-state index in [4.69, 9.17) is 10.5 Å². The molecule has 2 atom stereocenters. The van der Waals surface area contributed by atoms with Gasteiger partial charge in [-0.1, -0.05) is 31.5 Å². The third-order valence-electron chi connectivity index (χ3n) is 4.00. The molecule has 2 unspecified atom stereocenters. The highest BCUT2D eigenvalue weighted by Gasteiger charge is 2.21. The molecule has 2 rings (SSSR count). The van der Waals surface area contributed by atoms with Gasteiger partial charge in [0.05, 0.1) is 12.7 Å². The molecule has 1 aromatic carbocycles. The monoisotopic (exact) mass is 292 g/mol. The molecule has 0 bridgehead atoms. The number of anilines is 1. The molecule has 1 aliphatic rings. The van der Waals surface area contributed by atoms with Crippen LogP contribution in [0.2, 0.25) is 0 Å². The standard InChI is InChI=1S/C17H28N2O2/c1-2-3-11-21-13-14(20)12-19-10-6-8-16(18)15-7-4-5-9-17(15)19/h4-5,7,9,14,16,20H,2-3,6,8,10-13,18H2,1H3. The van der Waals surface area contributed by atoms with Crippen LogP contribution in [0.5, 0.6) is 0 Å². The largest absolute Gasteiger partial charge is 0.389 e. The average Bonchev–Trinajstić information content (AvgIpc) is 2.64. The fraction of sp³-hybridized carbons (Fsp3) is 0.647. The van der Waals surface area contributed by atoms with E-state index in [1.807, 2.05) is 12.1 Å². The molecular weight excluding hydrogens is 264 g/mol. The van der Waals surface area contributed by atoms with Crippen LogP contribution in [0.3, 0.4) is 0 Å². The van der Waals surface area contributed by atoms with E-state index in [0.717, 1.165) is 44.5 Å². The molecule has 1 heterocycles. The number of hydrogen-bond donors (Lipinski definition) is 2. The van der Waals surface area contributed by atoms with Crippen molar-refractivity contribution in [3.63, 3.8) is 0 Å². The van der Waals surface area contributed by atoms with Crippen molar-refractivity contribution >= 4 is 5.69 Å². The van der Waals surface area contributed by atoms with Crippen LogP contribution in [0.15, 0.2) is 24.3 Å². The Labute approximate surface area is 127 Å². The van der Waals surface area contributed by atoms with Crippen molar-refractivity contribution in [3.8, 4) is 0 Å². The Bertz CT molecular complexity index is 425. The molecule has 1 aromatic rings. The first-order valence-electron chi connectivity index (χ1n) is 8.07. The van der Waals surface area contributed by atoms with Crippen LogP contribution in [-0.4, -0.2) is 37.5 Å². The Morgan fingerprint density at radius 1 is 1.43 bits per heavy atom. The zero-order chi connectivity index (χ0) is 15.1. The van der Waals surface area contributed by atoms with Gasteiger partial charge >= 0.3 is 0 Å². The number of benzene rings is 1. The molecular formula is C17H28N2O2. The van der Waals surface area contributed by atoms with E-state index < -0.39 is 6.10 Å². The number of rotatable bonds is 7. The second-order valence-electron chi connectivity index (χ2n) is 5.84. The van der Waals surface area contributed by atoms with Crippen LogP contribution in [0.4, 0.5) is 5.69 Å². The molecule has 4 heteroatoms. The Balaban J connectivity index is 1.94. The van der Waals surface area contributed by atoms with Crippen molar-refractivity contribution in [2.45, 2.75) is 44.8 Å². The third-order valence-corrected chi connectivity index (χ3v) is 4.00. The van der Waals surface area contributed by atoms with E-state index in [0.29, 0.717) is 13.2 Å². The van der Waals surface area contributed by atoms with Crippen molar-refractivity contribution in [1.29, 1.82) is 0 Å². The number of nitrogens with zero attached hydrogens (tertiary/aromatic N) is 1. The molecule has 0 aliphatic carbocycles. The maximum Gasteiger partial charge on any atom is 0.0947 e. The van der Waals surface area contributed by atoms with Crippen LogP contribution >= 0.6 is 0 Å². The molecule has 0 aromatic heterocycles. The minimum absolute atomic E-state index is 0.101. The molecule has 0 saturated carbocycles. The zero-order valence-corrected chi connectivity index (χ0v) is 13.0. The van der Waals surface area contributed by atoms with Gasteiger partial charge in [-0.3, -0.25) is 0 Å². The van der Waals surface area contributed by atoms with E-state index >= 15 is 0 Å². The zero-order valence-electron chi connectivity index (χ0n) is 13.0. The quantitative estimate of drug-likeness (QED) is 0.758. The minimum Gasteiger partial charge on any atom is -0.389 e. The number of hydrogen-bond acceptors (Lipinski definition) is 4. The lowest BCUT2D eigenvalue weighted by atomic mass is 10.0. The highest BCUT2D eigenvalue weighted by Crippen LogP contribution is 2.31. The summed E-state index contributed by atoms with van der Waals surface area (Å²) in [6.07, 6.45) is 3.77. The van der Waals surface area contributed by atoms with E-state index in [2.05, 4.69) is 24.0 Å². The summed E-state index contributed by atoms with van der Waals surface area (Å²) in [4.78, 5) is 2.25. The van der Waals surface area contributed by atoms with E-state index in [1.54, 1.807) is 0 Å². The predicted molar refractivity (Wildman–Crippen MR) is 86.6 cm³/mol. The molecule has 0 fully saturated rings. The second-order valence-corrected chi connectivity index (χ2v) is 5.84. The Morgan fingerprint density at radius 2 is 2.24 bits per heavy atom. The van der Waals surface area contributed by atoms with Gasteiger partial charge in [-0.25, -0.2) is 0 Å². The van der Waals surface area contributed by atoms with Crippen molar-refractivity contribution in [2.75, 3.05) is 31.2 Å². The first kappa shape index (κ1) is 16.3. The van der Waals surface area contributed by atoms with Crippen LogP contribution in [0.25, 0.3) is 0 Å². The number of β-amino-alcohol motifs (C(OH)–C–C–N with tert-alkyl or cyclic N) is 1. The lowest BCUT2D eigenvalue weighted by Crippen LogP contribution is -2.35. The van der Waals surface area contributed by atoms with Gasteiger partial charge in [-0.15, -0.1) is 0 Å². The van der Waals surface area contributed by atoms with Gasteiger partial charge in [0.15, 0.2) is 0 Å². The summed E-state index contributed by atoms with van der Waals surface area (Å²) in [6.45, 7) is 4.82. The number of unbranched alkanes of at least 4 members (excludes halogenated alkanes) is 1. The summed E-state index contributed by atoms with van der Waals surface area (Å²) in [5.74, 6) is 0. The topological polar surface area (TPSA) is 58.7 Å². The number of fused-ring (bicyclic) bond motifs is 1. The first-order valence-corrected chi connectivity index (χ1v) is 8.07. The van der Waals surface area contributed by atoms with Gasteiger partial charge in [-0.05, 0) is 30.9 Å². The normalized spacial score (nSPS) is 20.0.